The van der Waals surface area contributed by atoms with Crippen LogP contribution in [0.25, 0.3) is 10.1 Å². The van der Waals surface area contributed by atoms with Crippen LogP contribution in [-0.4, -0.2) is 50.0 Å². The molecule has 0 amide bonds. The largest absolute Gasteiger partial charge is 0.479 e. The zero-order valence-electron chi connectivity index (χ0n) is 12.0. The second kappa shape index (κ2) is 5.68. The van der Waals surface area contributed by atoms with Crippen molar-refractivity contribution in [3.63, 3.8) is 0 Å². The molecule has 0 spiro atoms. The van der Waals surface area contributed by atoms with Crippen molar-refractivity contribution in [2.45, 2.75) is 30.7 Å². The van der Waals surface area contributed by atoms with Crippen LogP contribution in [0.3, 0.4) is 0 Å². The predicted octanol–water partition coefficient (Wildman–Crippen LogP) is 0.570. The number of carboxylic acids is 1. The molecule has 1 aromatic carbocycles. The number of aliphatic carboxylic acids is 1. The molecule has 1 heterocycles. The van der Waals surface area contributed by atoms with Crippen LogP contribution < -0.4 is 0 Å². The van der Waals surface area contributed by atoms with Crippen molar-refractivity contribution < 1.29 is 30.0 Å². The summed E-state index contributed by atoms with van der Waals surface area (Å²) in [5.41, 5.74) is -1.70. The molecule has 0 unspecified atom stereocenters. The highest BCUT2D eigenvalue weighted by atomic mass is 32.1. The minimum absolute atomic E-state index is 0.0167. The van der Waals surface area contributed by atoms with E-state index in [4.69, 9.17) is 0 Å². The fourth-order valence-electron chi connectivity index (χ4n) is 3.09. The smallest absolute Gasteiger partial charge is 0.336 e. The molecule has 23 heavy (non-hydrogen) atoms. The lowest BCUT2D eigenvalue weighted by Crippen LogP contribution is -2.61. The third-order valence-corrected chi connectivity index (χ3v) is 5.32. The summed E-state index contributed by atoms with van der Waals surface area (Å²) in [5, 5.41) is 42.0. The fourth-order valence-corrected chi connectivity index (χ4v) is 3.86. The van der Waals surface area contributed by atoms with Gasteiger partial charge in [-0.1, -0.05) is 12.1 Å². The van der Waals surface area contributed by atoms with E-state index in [0.29, 0.717) is 5.56 Å². The van der Waals surface area contributed by atoms with Gasteiger partial charge in [0.05, 0.1) is 12.0 Å². The van der Waals surface area contributed by atoms with Gasteiger partial charge in [-0.05, 0) is 34.9 Å². The van der Waals surface area contributed by atoms with Crippen molar-refractivity contribution in [2.75, 3.05) is 0 Å². The van der Waals surface area contributed by atoms with Gasteiger partial charge in [0.25, 0.3) is 0 Å². The van der Waals surface area contributed by atoms with Crippen molar-refractivity contribution in [1.29, 1.82) is 0 Å². The quantitative estimate of drug-likeness (QED) is 0.651. The number of carbonyl (C=O) groups is 2. The van der Waals surface area contributed by atoms with Gasteiger partial charge in [-0.3, -0.25) is 4.79 Å². The Labute approximate surface area is 135 Å². The first-order valence-corrected chi connectivity index (χ1v) is 8.02. The first-order chi connectivity index (χ1) is 10.8. The van der Waals surface area contributed by atoms with Crippen LogP contribution >= 0.6 is 11.3 Å². The molecular formula is C16H16O6S. The summed E-state index contributed by atoms with van der Waals surface area (Å²) in [6, 6.07) is 7.38. The van der Waals surface area contributed by atoms with Crippen LogP contribution in [0.5, 0.6) is 0 Å². The Kier molecular flexibility index (Phi) is 3.97. The SMILES string of the molecule is O=C1[C@@H](O)[C@H](O)C[C@](O)(C(=O)O)[C@@H]1Cc1ccc2sccc2c1. The van der Waals surface area contributed by atoms with E-state index < -0.39 is 41.9 Å². The highest BCUT2D eigenvalue weighted by Gasteiger charge is 2.55. The minimum atomic E-state index is -2.39. The van der Waals surface area contributed by atoms with Crippen LogP contribution in [0.1, 0.15) is 12.0 Å². The van der Waals surface area contributed by atoms with Crippen molar-refractivity contribution in [3.05, 3.63) is 35.2 Å². The molecule has 1 fully saturated rings. The standard InChI is InChI=1S/C16H16O6S/c17-11-7-16(22,15(20)21)10(13(18)14(11)19)6-8-1-2-12-9(5-8)3-4-23-12/h1-5,10-11,14,17,19,22H,6-7H2,(H,20,21)/t10-,11-,14+,16-/m1/s1. The maximum atomic E-state index is 12.2. The first-order valence-electron chi connectivity index (χ1n) is 7.14. The summed E-state index contributed by atoms with van der Waals surface area (Å²) in [4.78, 5) is 23.7. The zero-order valence-corrected chi connectivity index (χ0v) is 12.9. The Bertz CT molecular complexity index is 769. The summed E-state index contributed by atoms with van der Waals surface area (Å²) in [5.74, 6) is -3.73. The maximum absolute atomic E-state index is 12.2. The van der Waals surface area contributed by atoms with Gasteiger partial charge in [-0.2, -0.15) is 0 Å². The van der Waals surface area contributed by atoms with Crippen molar-refractivity contribution in [1.82, 2.24) is 0 Å². The van der Waals surface area contributed by atoms with E-state index in [0.717, 1.165) is 10.1 Å². The molecule has 1 aliphatic carbocycles. The molecule has 0 saturated heterocycles. The fraction of sp³-hybridized carbons (Fsp3) is 0.375. The molecule has 1 saturated carbocycles. The van der Waals surface area contributed by atoms with Crippen LogP contribution in [0.2, 0.25) is 0 Å². The third-order valence-electron chi connectivity index (χ3n) is 4.42. The van der Waals surface area contributed by atoms with Crippen LogP contribution in [0.15, 0.2) is 29.6 Å². The Hall–Kier alpha value is -1.80. The van der Waals surface area contributed by atoms with E-state index in [9.17, 15) is 30.0 Å². The second-order valence-corrected chi connectivity index (χ2v) is 6.85. The average Bonchev–Trinajstić information content (AvgIpc) is 2.97. The Morgan fingerprint density at radius 2 is 2.04 bits per heavy atom. The molecule has 4 atom stereocenters. The molecule has 1 aliphatic rings. The molecule has 122 valence electrons. The van der Waals surface area contributed by atoms with Crippen LogP contribution in [0.4, 0.5) is 0 Å². The first kappa shape index (κ1) is 16.1. The van der Waals surface area contributed by atoms with Crippen molar-refractivity contribution >= 4 is 33.2 Å². The van der Waals surface area contributed by atoms with Gasteiger partial charge in [0, 0.05) is 11.1 Å². The van der Waals surface area contributed by atoms with Gasteiger partial charge in [-0.15, -0.1) is 11.3 Å². The number of hydrogen-bond donors (Lipinski definition) is 4. The third kappa shape index (κ3) is 2.66. The number of aliphatic hydroxyl groups is 3. The van der Waals surface area contributed by atoms with Gasteiger partial charge < -0.3 is 20.4 Å². The van der Waals surface area contributed by atoms with E-state index in [1.807, 2.05) is 23.6 Å². The van der Waals surface area contributed by atoms with E-state index in [1.165, 1.54) is 0 Å². The minimum Gasteiger partial charge on any atom is -0.479 e. The number of Topliss-reactive ketones (excluding diaryl/α,β-unsaturated/α-hetero) is 1. The molecule has 7 heteroatoms. The summed E-state index contributed by atoms with van der Waals surface area (Å²) >= 11 is 1.56. The lowest BCUT2D eigenvalue weighted by Gasteiger charge is -2.39. The monoisotopic (exact) mass is 336 g/mol. The van der Waals surface area contributed by atoms with E-state index in [2.05, 4.69) is 0 Å². The van der Waals surface area contributed by atoms with Crippen molar-refractivity contribution in [3.8, 4) is 0 Å². The number of rotatable bonds is 3. The molecule has 0 aliphatic heterocycles. The Morgan fingerprint density at radius 1 is 1.30 bits per heavy atom. The van der Waals surface area contributed by atoms with Crippen LogP contribution in [0, 0.1) is 5.92 Å². The Balaban J connectivity index is 1.96. The normalized spacial score (nSPS) is 31.4. The second-order valence-electron chi connectivity index (χ2n) is 5.90. The number of carboxylic acid groups (broad SMARTS) is 1. The van der Waals surface area contributed by atoms with Crippen LogP contribution in [-0.2, 0) is 16.0 Å². The maximum Gasteiger partial charge on any atom is 0.336 e. The van der Waals surface area contributed by atoms with Gasteiger partial charge >= 0.3 is 5.97 Å². The van der Waals surface area contributed by atoms with Gasteiger partial charge in [0.1, 0.15) is 6.10 Å². The van der Waals surface area contributed by atoms with E-state index in [-0.39, 0.29) is 6.42 Å². The number of ketones is 1. The molecule has 0 bridgehead atoms. The average molecular weight is 336 g/mol. The number of hydrogen-bond acceptors (Lipinski definition) is 6. The number of benzene rings is 1. The number of thiophene rings is 1. The highest BCUT2D eigenvalue weighted by Crippen LogP contribution is 2.35. The number of aliphatic hydroxyl groups excluding tert-OH is 2. The van der Waals surface area contributed by atoms with E-state index >= 15 is 0 Å². The predicted molar refractivity (Wildman–Crippen MR) is 83.2 cm³/mol. The lowest BCUT2D eigenvalue weighted by atomic mass is 9.69. The van der Waals surface area contributed by atoms with Gasteiger partial charge in [0.2, 0.25) is 0 Å². The summed E-state index contributed by atoms with van der Waals surface area (Å²) in [7, 11) is 0. The van der Waals surface area contributed by atoms with Gasteiger partial charge in [0.15, 0.2) is 11.4 Å². The Morgan fingerprint density at radius 3 is 2.74 bits per heavy atom. The molecule has 6 nitrogen and oxygen atoms in total. The van der Waals surface area contributed by atoms with E-state index in [1.54, 1.807) is 17.4 Å². The molecule has 2 aromatic rings. The zero-order chi connectivity index (χ0) is 16.8. The molecule has 1 aromatic heterocycles. The summed E-state index contributed by atoms with van der Waals surface area (Å²) in [6.45, 7) is 0. The molecular weight excluding hydrogens is 320 g/mol. The lowest BCUT2D eigenvalue weighted by molar-refractivity contribution is -0.187. The van der Waals surface area contributed by atoms with Gasteiger partial charge in [-0.25, -0.2) is 4.79 Å². The molecule has 4 N–H and O–H groups in total. The topological polar surface area (TPSA) is 115 Å². The number of fused-ring (bicyclic) bond motifs is 1. The summed E-state index contributed by atoms with van der Waals surface area (Å²) < 4.78 is 1.06. The molecule has 3 rings (SSSR count). The molecule has 0 radical (unpaired) electrons. The highest BCUT2D eigenvalue weighted by molar-refractivity contribution is 7.17. The summed E-state index contributed by atoms with van der Waals surface area (Å²) in [6.07, 6.45) is -3.86. The number of carbonyl (C=O) groups excluding carboxylic acids is 1. The van der Waals surface area contributed by atoms with Crippen molar-refractivity contribution in [2.24, 2.45) is 5.92 Å².